The van der Waals surface area contributed by atoms with Gasteiger partial charge in [-0.3, -0.25) is 0 Å². The molecular formula is C14H17NO2S. The Kier molecular flexibility index (Phi) is 3.15. The molecule has 0 unspecified atom stereocenters. The molecule has 0 N–H and O–H groups in total. The van der Waals surface area contributed by atoms with Gasteiger partial charge in [-0.25, -0.2) is 8.42 Å². The van der Waals surface area contributed by atoms with Crippen LogP contribution in [0.3, 0.4) is 0 Å². The normalized spacial score (nSPS) is 16.8. The molecule has 96 valence electrons. The lowest BCUT2D eigenvalue weighted by molar-refractivity contribution is 0.596. The molecule has 1 aromatic carbocycles. The van der Waals surface area contributed by atoms with Crippen molar-refractivity contribution in [3.05, 3.63) is 40.5 Å². The molecule has 0 spiro atoms. The smallest absolute Gasteiger partial charge is 0.204 e. The van der Waals surface area contributed by atoms with Gasteiger partial charge in [0.1, 0.15) is 0 Å². The molecule has 1 heterocycles. The zero-order valence-corrected chi connectivity index (χ0v) is 11.9. The van der Waals surface area contributed by atoms with Crippen molar-refractivity contribution in [2.45, 2.75) is 33.4 Å². The Labute approximate surface area is 108 Å². The Morgan fingerprint density at radius 2 is 1.89 bits per heavy atom. The zero-order chi connectivity index (χ0) is 13.5. The quantitative estimate of drug-likeness (QED) is 0.781. The molecule has 0 aliphatic carbocycles. The number of benzene rings is 1. The maximum absolute atomic E-state index is 11.6. The van der Waals surface area contributed by atoms with Gasteiger partial charge < -0.3 is 0 Å². The summed E-state index contributed by atoms with van der Waals surface area (Å²) in [5.74, 6) is 0.00353. The van der Waals surface area contributed by atoms with Crippen LogP contribution >= 0.6 is 0 Å². The Balaban J connectivity index is 2.75. The average molecular weight is 263 g/mol. The summed E-state index contributed by atoms with van der Waals surface area (Å²) < 4.78 is 27.1. The first-order valence-electron chi connectivity index (χ1n) is 5.88. The molecule has 2 rings (SSSR count). The molecule has 1 aliphatic rings. The molecule has 0 amide bonds. The van der Waals surface area contributed by atoms with E-state index in [-0.39, 0.29) is 5.75 Å². The van der Waals surface area contributed by atoms with E-state index < -0.39 is 10.0 Å². The van der Waals surface area contributed by atoms with Crippen LogP contribution in [0.4, 0.5) is 0 Å². The maximum atomic E-state index is 11.6. The summed E-state index contributed by atoms with van der Waals surface area (Å²) in [4.78, 5) is 0. The molecule has 4 heteroatoms. The number of sulfonamides is 1. The first-order chi connectivity index (χ1) is 8.32. The van der Waals surface area contributed by atoms with Crippen LogP contribution in [0.1, 0.15) is 44.4 Å². The number of allylic oxidation sites excluding steroid dienone is 2. The highest BCUT2D eigenvalue weighted by atomic mass is 32.2. The molecule has 0 atom stereocenters. The average Bonchev–Trinajstić information content (AvgIpc) is 2.25. The summed E-state index contributed by atoms with van der Waals surface area (Å²) in [6.45, 7) is 7.93. The topological polar surface area (TPSA) is 46.5 Å². The number of hydrogen-bond acceptors (Lipinski definition) is 2. The van der Waals surface area contributed by atoms with Crippen molar-refractivity contribution in [2.24, 2.45) is 4.40 Å². The monoisotopic (exact) mass is 263 g/mol. The van der Waals surface area contributed by atoms with Gasteiger partial charge in [0.05, 0.1) is 11.5 Å². The summed E-state index contributed by atoms with van der Waals surface area (Å²) >= 11 is 0. The second-order valence-corrected chi connectivity index (χ2v) is 6.50. The van der Waals surface area contributed by atoms with Crippen LogP contribution in [0.2, 0.25) is 0 Å². The van der Waals surface area contributed by atoms with Gasteiger partial charge in [-0.15, -0.1) is 0 Å². The van der Waals surface area contributed by atoms with Gasteiger partial charge in [-0.05, 0) is 44.4 Å². The highest BCUT2D eigenvalue weighted by molar-refractivity contribution is 7.89. The SMILES string of the molecule is CC1=NS(=O)(=O)Cc2cccc(C(C)=C(C)C)c21. The van der Waals surface area contributed by atoms with Crippen molar-refractivity contribution < 1.29 is 8.42 Å². The number of nitrogens with zero attached hydrogens (tertiary/aromatic N) is 1. The van der Waals surface area contributed by atoms with Crippen LogP contribution in [0.25, 0.3) is 5.57 Å². The van der Waals surface area contributed by atoms with Gasteiger partial charge in [0, 0.05) is 5.56 Å². The first kappa shape index (κ1) is 13.0. The molecule has 0 bridgehead atoms. The summed E-state index contributed by atoms with van der Waals surface area (Å²) in [5, 5.41) is 0. The van der Waals surface area contributed by atoms with Gasteiger partial charge in [0.15, 0.2) is 0 Å². The highest BCUT2D eigenvalue weighted by Gasteiger charge is 2.23. The molecule has 0 fully saturated rings. The minimum atomic E-state index is -3.34. The molecule has 0 radical (unpaired) electrons. The van der Waals surface area contributed by atoms with Crippen LogP contribution in [-0.2, 0) is 15.8 Å². The van der Waals surface area contributed by atoms with E-state index in [2.05, 4.69) is 25.2 Å². The van der Waals surface area contributed by atoms with Gasteiger partial charge in [0.2, 0.25) is 0 Å². The third-order valence-electron chi connectivity index (χ3n) is 3.28. The highest BCUT2D eigenvalue weighted by Crippen LogP contribution is 2.29. The summed E-state index contributed by atoms with van der Waals surface area (Å²) in [5.41, 5.74) is 5.91. The van der Waals surface area contributed by atoms with Gasteiger partial charge in [-0.1, -0.05) is 23.8 Å². The van der Waals surface area contributed by atoms with E-state index in [0.717, 1.165) is 16.7 Å². The van der Waals surface area contributed by atoms with Crippen molar-refractivity contribution in [1.82, 2.24) is 0 Å². The predicted octanol–water partition coefficient (Wildman–Crippen LogP) is 3.15. The van der Waals surface area contributed by atoms with Crippen LogP contribution < -0.4 is 0 Å². The molecular weight excluding hydrogens is 246 g/mol. The fourth-order valence-corrected chi connectivity index (χ4v) is 3.42. The Hall–Kier alpha value is -1.42. The third kappa shape index (κ3) is 2.25. The van der Waals surface area contributed by atoms with Crippen LogP contribution in [-0.4, -0.2) is 14.1 Å². The lowest BCUT2D eigenvalue weighted by Crippen LogP contribution is -2.16. The molecule has 1 aromatic rings. The van der Waals surface area contributed by atoms with E-state index in [0.29, 0.717) is 5.71 Å². The lowest BCUT2D eigenvalue weighted by atomic mass is 9.92. The molecule has 3 nitrogen and oxygen atoms in total. The molecule has 18 heavy (non-hydrogen) atoms. The zero-order valence-electron chi connectivity index (χ0n) is 11.1. The van der Waals surface area contributed by atoms with E-state index in [1.165, 1.54) is 11.1 Å². The minimum absolute atomic E-state index is 0.00353. The van der Waals surface area contributed by atoms with Crippen molar-refractivity contribution in [2.75, 3.05) is 0 Å². The minimum Gasteiger partial charge on any atom is -0.204 e. The van der Waals surface area contributed by atoms with Crippen molar-refractivity contribution in [1.29, 1.82) is 0 Å². The Bertz CT molecular complexity index is 663. The second kappa shape index (κ2) is 4.35. The van der Waals surface area contributed by atoms with Gasteiger partial charge >= 0.3 is 0 Å². The first-order valence-corrected chi connectivity index (χ1v) is 7.48. The Morgan fingerprint density at radius 3 is 2.50 bits per heavy atom. The third-order valence-corrected chi connectivity index (χ3v) is 4.51. The van der Waals surface area contributed by atoms with Gasteiger partial charge in [-0.2, -0.15) is 4.40 Å². The maximum Gasteiger partial charge on any atom is 0.257 e. The van der Waals surface area contributed by atoms with Crippen molar-refractivity contribution in [3.63, 3.8) is 0 Å². The fraction of sp³-hybridized carbons (Fsp3) is 0.357. The van der Waals surface area contributed by atoms with Crippen molar-refractivity contribution in [3.8, 4) is 0 Å². The number of hydrogen-bond donors (Lipinski definition) is 0. The number of rotatable bonds is 1. The Morgan fingerprint density at radius 1 is 1.22 bits per heavy atom. The molecule has 0 saturated carbocycles. The fourth-order valence-electron chi connectivity index (χ4n) is 2.21. The lowest BCUT2D eigenvalue weighted by Gasteiger charge is -2.19. The molecule has 0 aromatic heterocycles. The molecule has 1 aliphatic heterocycles. The van der Waals surface area contributed by atoms with E-state index in [9.17, 15) is 8.42 Å². The van der Waals surface area contributed by atoms with Crippen LogP contribution in [0.15, 0.2) is 28.2 Å². The van der Waals surface area contributed by atoms with Crippen LogP contribution in [0, 0.1) is 0 Å². The van der Waals surface area contributed by atoms with Crippen molar-refractivity contribution >= 4 is 21.3 Å². The largest absolute Gasteiger partial charge is 0.257 e. The van der Waals surface area contributed by atoms with E-state index in [4.69, 9.17) is 0 Å². The summed E-state index contributed by atoms with van der Waals surface area (Å²) in [7, 11) is -3.34. The molecule has 0 saturated heterocycles. The van der Waals surface area contributed by atoms with E-state index >= 15 is 0 Å². The van der Waals surface area contributed by atoms with Crippen LogP contribution in [0.5, 0.6) is 0 Å². The summed E-state index contributed by atoms with van der Waals surface area (Å²) in [6, 6.07) is 5.81. The standard InChI is InChI=1S/C14H17NO2S/c1-9(2)10(3)13-7-5-6-12-8-18(16,17)15-11(4)14(12)13/h5-7H,8H2,1-4H3. The van der Waals surface area contributed by atoms with Gasteiger partial charge in [0.25, 0.3) is 10.0 Å². The summed E-state index contributed by atoms with van der Waals surface area (Å²) in [6.07, 6.45) is 0. The second-order valence-electron chi connectivity index (χ2n) is 4.87. The van der Waals surface area contributed by atoms with E-state index in [1.54, 1.807) is 6.92 Å². The predicted molar refractivity (Wildman–Crippen MR) is 75.2 cm³/mol. The van der Waals surface area contributed by atoms with E-state index in [1.807, 2.05) is 18.2 Å². The number of fused-ring (bicyclic) bond motifs is 1.